The van der Waals surface area contributed by atoms with Gasteiger partial charge < -0.3 is 5.73 Å². The summed E-state index contributed by atoms with van der Waals surface area (Å²) in [5, 5.41) is 10.1. The van der Waals surface area contributed by atoms with E-state index in [2.05, 4.69) is 113 Å². The van der Waals surface area contributed by atoms with Crippen molar-refractivity contribution in [3.8, 4) is 6.07 Å². The van der Waals surface area contributed by atoms with Gasteiger partial charge in [0, 0.05) is 5.70 Å². The summed E-state index contributed by atoms with van der Waals surface area (Å²) in [7, 11) is 0. The van der Waals surface area contributed by atoms with Gasteiger partial charge >= 0.3 is 0 Å². The Morgan fingerprint density at radius 1 is 0.944 bits per heavy atom. The van der Waals surface area contributed by atoms with E-state index in [-0.39, 0.29) is 21.7 Å². The molecule has 0 aliphatic heterocycles. The van der Waals surface area contributed by atoms with Crippen molar-refractivity contribution in [3.05, 3.63) is 69.5 Å². The van der Waals surface area contributed by atoms with Gasteiger partial charge in [-0.1, -0.05) is 107 Å². The van der Waals surface area contributed by atoms with E-state index in [0.717, 1.165) is 41.6 Å². The topological polar surface area (TPSA) is 49.8 Å². The minimum absolute atomic E-state index is 0.0100. The molecule has 36 heavy (non-hydrogen) atoms. The number of nitrogens with two attached hydrogens (primary N) is 1. The molecule has 0 aliphatic carbocycles. The van der Waals surface area contributed by atoms with Crippen molar-refractivity contribution in [3.63, 3.8) is 0 Å². The largest absolute Gasteiger partial charge is 0.399 e. The Morgan fingerprint density at radius 3 is 1.94 bits per heavy atom. The molecule has 0 unspecified atom stereocenters. The zero-order valence-corrected chi connectivity index (χ0v) is 25.7. The van der Waals surface area contributed by atoms with Crippen LogP contribution in [0.2, 0.25) is 0 Å². The van der Waals surface area contributed by atoms with Crippen LogP contribution in [-0.2, 0) is 11.8 Å². The Hall–Kier alpha value is -2.27. The van der Waals surface area contributed by atoms with Crippen LogP contribution in [0.5, 0.6) is 0 Å². The zero-order chi connectivity index (χ0) is 28.1. The molecule has 0 radical (unpaired) electrons. The maximum Gasteiger partial charge on any atom is 0.0997 e. The molecule has 0 atom stereocenters. The molecular formula is C34H54N2. The van der Waals surface area contributed by atoms with Crippen molar-refractivity contribution in [2.75, 3.05) is 0 Å². The standard InChI is InChI=1S/C34H54N2/c1-14-28(30(36)15-2)25(16-17-33(10,11)22-31(4,5)6)19-26-20-27(18-24(3)29(26)21-35)34(12,13)23-32(7,8)9/h15-18,20H,14,19,22-23,36H2,1-13H3/b17-16+,28-25+,30-15+. The molecule has 0 spiro atoms. The Kier molecular flexibility index (Phi) is 10.5. The van der Waals surface area contributed by atoms with Gasteiger partial charge in [0.15, 0.2) is 0 Å². The normalized spacial score (nSPS) is 14.7. The molecule has 2 N–H and O–H groups in total. The van der Waals surface area contributed by atoms with E-state index in [0.29, 0.717) is 6.42 Å². The molecule has 1 rings (SSSR count). The van der Waals surface area contributed by atoms with E-state index in [1.807, 2.05) is 13.0 Å². The first kappa shape index (κ1) is 31.8. The second-order valence-corrected chi connectivity index (χ2v) is 14.4. The monoisotopic (exact) mass is 490 g/mol. The second-order valence-electron chi connectivity index (χ2n) is 14.4. The molecule has 0 saturated heterocycles. The van der Waals surface area contributed by atoms with Gasteiger partial charge in [-0.3, -0.25) is 0 Å². The molecule has 0 aliphatic rings. The lowest BCUT2D eigenvalue weighted by Gasteiger charge is -2.34. The minimum atomic E-state index is 0.0100. The fourth-order valence-corrected chi connectivity index (χ4v) is 5.99. The first-order chi connectivity index (χ1) is 16.2. The van der Waals surface area contributed by atoms with Crippen LogP contribution in [0, 0.1) is 34.5 Å². The average molecular weight is 491 g/mol. The van der Waals surface area contributed by atoms with Crippen LogP contribution in [0.15, 0.2) is 47.2 Å². The minimum Gasteiger partial charge on any atom is -0.399 e. The predicted molar refractivity (Wildman–Crippen MR) is 159 cm³/mol. The summed E-state index contributed by atoms with van der Waals surface area (Å²) in [4.78, 5) is 0. The zero-order valence-electron chi connectivity index (χ0n) is 25.7. The first-order valence-electron chi connectivity index (χ1n) is 13.6. The molecule has 0 fully saturated rings. The van der Waals surface area contributed by atoms with Gasteiger partial charge in [-0.25, -0.2) is 0 Å². The van der Waals surface area contributed by atoms with Gasteiger partial charge in [-0.2, -0.15) is 5.26 Å². The highest BCUT2D eigenvalue weighted by atomic mass is 14.6. The summed E-state index contributed by atoms with van der Waals surface area (Å²) in [6, 6.07) is 7.01. The van der Waals surface area contributed by atoms with Crippen LogP contribution in [0.3, 0.4) is 0 Å². The van der Waals surface area contributed by atoms with Gasteiger partial charge in [0.2, 0.25) is 0 Å². The maximum atomic E-state index is 10.1. The lowest BCUT2D eigenvalue weighted by atomic mass is 9.71. The number of benzene rings is 1. The summed E-state index contributed by atoms with van der Waals surface area (Å²) < 4.78 is 0. The lowest BCUT2D eigenvalue weighted by Crippen LogP contribution is -2.25. The van der Waals surface area contributed by atoms with Gasteiger partial charge in [-0.05, 0) is 89.0 Å². The van der Waals surface area contributed by atoms with Crippen LogP contribution in [0.25, 0.3) is 0 Å². The fraction of sp³-hybridized carbons (Fsp3) is 0.618. The quantitative estimate of drug-likeness (QED) is 0.350. The summed E-state index contributed by atoms with van der Waals surface area (Å²) in [6.07, 6.45) is 10.3. The third-order valence-corrected chi connectivity index (χ3v) is 6.79. The molecule has 2 heteroatoms. The van der Waals surface area contributed by atoms with Crippen molar-refractivity contribution < 1.29 is 0 Å². The van der Waals surface area contributed by atoms with Crippen molar-refractivity contribution in [2.45, 2.75) is 121 Å². The Bertz CT molecular complexity index is 1040. The van der Waals surface area contributed by atoms with Crippen LogP contribution in [-0.4, -0.2) is 0 Å². The van der Waals surface area contributed by atoms with Crippen LogP contribution >= 0.6 is 0 Å². The number of rotatable bonds is 9. The summed E-state index contributed by atoms with van der Waals surface area (Å²) in [5.41, 5.74) is 14.5. The molecule has 200 valence electrons. The Labute approximate surface area is 223 Å². The molecule has 1 aromatic carbocycles. The molecule has 0 bridgehead atoms. The van der Waals surface area contributed by atoms with E-state index in [1.165, 1.54) is 16.7 Å². The van der Waals surface area contributed by atoms with Crippen molar-refractivity contribution in [1.82, 2.24) is 0 Å². The molecular weight excluding hydrogens is 436 g/mol. The summed E-state index contributed by atoms with van der Waals surface area (Å²) in [6.45, 7) is 29.3. The highest BCUT2D eigenvalue weighted by Crippen LogP contribution is 2.39. The first-order valence-corrected chi connectivity index (χ1v) is 13.6. The van der Waals surface area contributed by atoms with Crippen LogP contribution in [0.4, 0.5) is 0 Å². The lowest BCUT2D eigenvalue weighted by molar-refractivity contribution is 0.262. The number of nitriles is 1. The van der Waals surface area contributed by atoms with E-state index >= 15 is 0 Å². The van der Waals surface area contributed by atoms with Crippen molar-refractivity contribution >= 4 is 0 Å². The van der Waals surface area contributed by atoms with Gasteiger partial charge in [0.1, 0.15) is 0 Å². The maximum absolute atomic E-state index is 10.1. The number of allylic oxidation sites excluding steroid dienone is 5. The number of nitrogens with zero attached hydrogens (tertiary/aromatic N) is 1. The van der Waals surface area contributed by atoms with Gasteiger partial charge in [0.05, 0.1) is 11.6 Å². The third-order valence-electron chi connectivity index (χ3n) is 6.79. The molecule has 0 heterocycles. The van der Waals surface area contributed by atoms with Crippen molar-refractivity contribution in [2.24, 2.45) is 22.0 Å². The van der Waals surface area contributed by atoms with Crippen molar-refractivity contribution in [1.29, 1.82) is 5.26 Å². The summed E-state index contributed by atoms with van der Waals surface area (Å²) in [5.74, 6) is 0. The smallest absolute Gasteiger partial charge is 0.0997 e. The fourth-order valence-electron chi connectivity index (χ4n) is 5.99. The Balaban J connectivity index is 3.74. The molecule has 0 amide bonds. The summed E-state index contributed by atoms with van der Waals surface area (Å²) >= 11 is 0. The third kappa shape index (κ3) is 9.65. The number of aryl methyl sites for hydroxylation is 1. The van der Waals surface area contributed by atoms with Gasteiger partial charge in [0.25, 0.3) is 0 Å². The van der Waals surface area contributed by atoms with Crippen LogP contribution < -0.4 is 5.73 Å². The van der Waals surface area contributed by atoms with E-state index in [9.17, 15) is 5.26 Å². The molecule has 0 aromatic heterocycles. The van der Waals surface area contributed by atoms with Gasteiger partial charge in [-0.15, -0.1) is 0 Å². The average Bonchev–Trinajstić information content (AvgIpc) is 2.68. The van der Waals surface area contributed by atoms with E-state index in [1.54, 1.807) is 0 Å². The van der Waals surface area contributed by atoms with E-state index < -0.39 is 0 Å². The highest BCUT2D eigenvalue weighted by Gasteiger charge is 2.29. The molecule has 0 saturated carbocycles. The van der Waals surface area contributed by atoms with E-state index in [4.69, 9.17) is 5.73 Å². The number of hydrogen-bond donors (Lipinski definition) is 1. The van der Waals surface area contributed by atoms with Crippen LogP contribution in [0.1, 0.15) is 125 Å². The molecule has 1 aromatic rings. The SMILES string of the molecule is C\C=C(N)/C(CC)=C(\C=C\C(C)(C)CC(C)(C)C)Cc1cc(C(C)(C)CC(C)(C)C)cc(C)c1C#N. The second kappa shape index (κ2) is 11.9. The Morgan fingerprint density at radius 2 is 1.50 bits per heavy atom. The number of hydrogen-bond acceptors (Lipinski definition) is 2. The highest BCUT2D eigenvalue weighted by molar-refractivity contribution is 5.52. The molecule has 2 nitrogen and oxygen atoms in total. The predicted octanol–water partition coefficient (Wildman–Crippen LogP) is 9.71.